The highest BCUT2D eigenvalue weighted by atomic mass is 16.5. The third kappa shape index (κ3) is 5.62. The third-order valence-electron chi connectivity index (χ3n) is 10.6. The van der Waals surface area contributed by atoms with Gasteiger partial charge in [0, 0.05) is 6.07 Å². The summed E-state index contributed by atoms with van der Waals surface area (Å²) in [5.41, 5.74) is 3.60. The van der Waals surface area contributed by atoms with E-state index in [0.717, 1.165) is 55.6 Å². The van der Waals surface area contributed by atoms with E-state index >= 15 is 0 Å². The number of aliphatic hydroxyl groups is 1. The molecule has 9 rings (SSSR count). The second-order valence-corrected chi connectivity index (χ2v) is 13.7. The summed E-state index contributed by atoms with van der Waals surface area (Å²) in [5.74, 6) is 1.51. The van der Waals surface area contributed by atoms with E-state index in [9.17, 15) is 5.11 Å². The lowest BCUT2D eigenvalue weighted by Crippen LogP contribution is -2.02. The van der Waals surface area contributed by atoms with Crippen molar-refractivity contribution in [3.05, 3.63) is 144 Å². The highest BCUT2D eigenvalue weighted by molar-refractivity contribution is 6.24. The van der Waals surface area contributed by atoms with Gasteiger partial charge in [-0.3, -0.25) is 0 Å². The Balaban J connectivity index is 0.794. The van der Waals surface area contributed by atoms with Crippen LogP contribution in [0, 0.1) is 0 Å². The van der Waals surface area contributed by atoms with Crippen molar-refractivity contribution in [3.63, 3.8) is 0 Å². The van der Waals surface area contributed by atoms with Crippen molar-refractivity contribution >= 4 is 64.6 Å². The van der Waals surface area contributed by atoms with Gasteiger partial charge in [0.2, 0.25) is 0 Å². The van der Waals surface area contributed by atoms with Crippen LogP contribution in [-0.4, -0.2) is 18.3 Å². The first-order valence-electron chi connectivity index (χ1n) is 18.0. The minimum absolute atomic E-state index is 0.0448. The molecule has 0 aromatic heterocycles. The SMILES string of the molecule is OCc1cc(OCCCCc2ccc3ccc4cccc5ccc2c3c45)cc(OCCCCc2ccc3ccc4cccc5ccc2c3c45)c1. The molecule has 0 bridgehead atoms. The fourth-order valence-corrected chi connectivity index (χ4v) is 8.13. The number of aliphatic hydroxyl groups excluding tert-OH is 1. The molecule has 0 aliphatic rings. The van der Waals surface area contributed by atoms with Gasteiger partial charge in [-0.15, -0.1) is 0 Å². The number of aryl methyl sites for hydroxylation is 2. The van der Waals surface area contributed by atoms with Crippen molar-refractivity contribution in [1.82, 2.24) is 0 Å². The Kier molecular flexibility index (Phi) is 8.06. The Hall–Kier alpha value is -5.38. The maximum Gasteiger partial charge on any atom is 0.123 e. The third-order valence-corrected chi connectivity index (χ3v) is 10.6. The van der Waals surface area contributed by atoms with E-state index in [1.165, 1.54) is 75.8 Å². The first-order chi connectivity index (χ1) is 24.7. The van der Waals surface area contributed by atoms with Crippen LogP contribution in [0.1, 0.15) is 42.4 Å². The zero-order valence-corrected chi connectivity index (χ0v) is 28.3. The Labute approximate surface area is 292 Å². The number of rotatable bonds is 13. The Morgan fingerprint density at radius 3 is 1.24 bits per heavy atom. The van der Waals surface area contributed by atoms with E-state index in [0.29, 0.717) is 13.2 Å². The summed E-state index contributed by atoms with van der Waals surface area (Å²) >= 11 is 0. The molecule has 9 aromatic carbocycles. The summed E-state index contributed by atoms with van der Waals surface area (Å²) in [7, 11) is 0. The van der Waals surface area contributed by atoms with Crippen molar-refractivity contribution in [2.24, 2.45) is 0 Å². The molecule has 0 aliphatic carbocycles. The molecule has 0 atom stereocenters. The number of unbranched alkanes of at least 4 members (excludes halogenated alkanes) is 2. The van der Waals surface area contributed by atoms with Gasteiger partial charge in [-0.1, -0.05) is 109 Å². The Morgan fingerprint density at radius 1 is 0.400 bits per heavy atom. The largest absolute Gasteiger partial charge is 0.493 e. The zero-order valence-electron chi connectivity index (χ0n) is 28.3. The second-order valence-electron chi connectivity index (χ2n) is 13.7. The van der Waals surface area contributed by atoms with Crippen LogP contribution >= 0.6 is 0 Å². The number of hydrogen-bond donors (Lipinski definition) is 1. The molecular formula is C47H40O3. The molecular weight excluding hydrogens is 613 g/mol. The van der Waals surface area contributed by atoms with E-state index in [-0.39, 0.29) is 6.61 Å². The maximum absolute atomic E-state index is 9.93. The summed E-state index contributed by atoms with van der Waals surface area (Å²) in [5, 5.41) is 26.0. The minimum atomic E-state index is -0.0448. The smallest absolute Gasteiger partial charge is 0.123 e. The molecule has 0 unspecified atom stereocenters. The molecule has 0 saturated heterocycles. The van der Waals surface area contributed by atoms with Crippen molar-refractivity contribution in [2.45, 2.75) is 45.1 Å². The summed E-state index contributed by atoms with van der Waals surface area (Å²) in [4.78, 5) is 0. The van der Waals surface area contributed by atoms with Crippen molar-refractivity contribution < 1.29 is 14.6 Å². The fraction of sp³-hybridized carbons (Fsp3) is 0.191. The summed E-state index contributed by atoms with van der Waals surface area (Å²) in [6.45, 7) is 1.20. The summed E-state index contributed by atoms with van der Waals surface area (Å²) in [6, 6.07) is 46.1. The fourth-order valence-electron chi connectivity index (χ4n) is 8.13. The molecule has 0 amide bonds. The van der Waals surface area contributed by atoms with E-state index < -0.39 is 0 Å². The van der Waals surface area contributed by atoms with Crippen LogP contribution in [0.25, 0.3) is 64.6 Å². The molecule has 3 heteroatoms. The van der Waals surface area contributed by atoms with Gasteiger partial charge in [-0.05, 0) is 132 Å². The van der Waals surface area contributed by atoms with E-state index in [1.807, 2.05) is 18.2 Å². The maximum atomic E-state index is 9.93. The molecule has 3 nitrogen and oxygen atoms in total. The van der Waals surface area contributed by atoms with Crippen LogP contribution in [0.3, 0.4) is 0 Å². The standard InChI is InChI=1S/C47H40O3/c48-30-31-27-40(49-25-3-1-7-32-13-15-38-19-17-34-9-5-11-36-21-23-42(32)46(38)44(34)36)29-41(28-31)50-26-4-2-8-33-14-16-39-20-18-35-10-6-12-37-22-24-43(33)47(39)45(35)37/h5-6,9-24,27-29,48H,1-4,7-8,25-26,30H2. The first kappa shape index (κ1) is 30.7. The average molecular weight is 653 g/mol. The van der Waals surface area contributed by atoms with Crippen LogP contribution in [0.15, 0.2) is 127 Å². The van der Waals surface area contributed by atoms with Gasteiger partial charge in [-0.2, -0.15) is 0 Å². The summed E-state index contributed by atoms with van der Waals surface area (Å²) < 4.78 is 12.4. The van der Waals surface area contributed by atoms with Crippen LogP contribution in [0.4, 0.5) is 0 Å². The normalized spacial score (nSPS) is 12.0. The number of ether oxygens (including phenoxy) is 2. The average Bonchev–Trinajstić information content (AvgIpc) is 3.16. The molecule has 9 aromatic rings. The van der Waals surface area contributed by atoms with Gasteiger partial charge in [0.1, 0.15) is 11.5 Å². The molecule has 246 valence electrons. The second kappa shape index (κ2) is 13.2. The topological polar surface area (TPSA) is 38.7 Å². The highest BCUT2D eigenvalue weighted by Crippen LogP contribution is 2.38. The predicted octanol–water partition coefficient (Wildman–Crippen LogP) is 11.8. The molecule has 0 spiro atoms. The minimum Gasteiger partial charge on any atom is -0.493 e. The van der Waals surface area contributed by atoms with Crippen LogP contribution in [0.5, 0.6) is 11.5 Å². The van der Waals surface area contributed by atoms with Gasteiger partial charge >= 0.3 is 0 Å². The Morgan fingerprint density at radius 2 is 0.800 bits per heavy atom. The van der Waals surface area contributed by atoms with Gasteiger partial charge in [0.15, 0.2) is 0 Å². The monoisotopic (exact) mass is 652 g/mol. The van der Waals surface area contributed by atoms with Crippen LogP contribution in [-0.2, 0) is 19.4 Å². The van der Waals surface area contributed by atoms with Crippen LogP contribution in [0.2, 0.25) is 0 Å². The molecule has 0 fully saturated rings. The van der Waals surface area contributed by atoms with Crippen LogP contribution < -0.4 is 9.47 Å². The van der Waals surface area contributed by atoms with E-state index in [2.05, 4.69) is 109 Å². The quantitative estimate of drug-likeness (QED) is 0.0995. The molecule has 50 heavy (non-hydrogen) atoms. The lowest BCUT2D eigenvalue weighted by molar-refractivity contribution is 0.272. The molecule has 0 radical (unpaired) electrons. The van der Waals surface area contributed by atoms with E-state index in [4.69, 9.17) is 9.47 Å². The molecule has 0 saturated carbocycles. The lowest BCUT2D eigenvalue weighted by atomic mass is 9.91. The van der Waals surface area contributed by atoms with Gasteiger partial charge in [0.25, 0.3) is 0 Å². The zero-order chi connectivity index (χ0) is 33.4. The lowest BCUT2D eigenvalue weighted by Gasteiger charge is -2.14. The summed E-state index contributed by atoms with van der Waals surface area (Å²) in [6.07, 6.45) is 6.00. The number of hydrogen-bond acceptors (Lipinski definition) is 3. The van der Waals surface area contributed by atoms with E-state index in [1.54, 1.807) is 0 Å². The molecule has 0 aliphatic heterocycles. The molecule has 1 N–H and O–H groups in total. The molecule has 0 heterocycles. The highest BCUT2D eigenvalue weighted by Gasteiger charge is 2.12. The van der Waals surface area contributed by atoms with Gasteiger partial charge < -0.3 is 14.6 Å². The number of benzene rings is 9. The van der Waals surface area contributed by atoms with Gasteiger partial charge in [-0.25, -0.2) is 0 Å². The first-order valence-corrected chi connectivity index (χ1v) is 18.0. The van der Waals surface area contributed by atoms with Crippen molar-refractivity contribution in [1.29, 1.82) is 0 Å². The van der Waals surface area contributed by atoms with Crippen molar-refractivity contribution in [3.8, 4) is 11.5 Å². The Bertz CT molecular complexity index is 2390. The predicted molar refractivity (Wildman–Crippen MR) is 210 cm³/mol. The van der Waals surface area contributed by atoms with Crippen molar-refractivity contribution in [2.75, 3.05) is 13.2 Å². The van der Waals surface area contributed by atoms with Gasteiger partial charge in [0.05, 0.1) is 19.8 Å².